The molecule has 0 aliphatic heterocycles. The predicted octanol–water partition coefficient (Wildman–Crippen LogP) is 2.74. The molecule has 11 heavy (non-hydrogen) atoms. The molecule has 1 aromatic rings. The van der Waals surface area contributed by atoms with Gasteiger partial charge in [-0.1, -0.05) is 12.1 Å². The summed E-state index contributed by atoms with van der Waals surface area (Å²) in [5.41, 5.74) is 1.69. The van der Waals surface area contributed by atoms with Crippen LogP contribution in [0.2, 0.25) is 0 Å². The quantitative estimate of drug-likeness (QED) is 0.573. The molecule has 0 radical (unpaired) electrons. The van der Waals surface area contributed by atoms with E-state index in [0.717, 1.165) is 11.4 Å². The van der Waals surface area contributed by atoms with E-state index in [9.17, 15) is 0 Å². The Morgan fingerprint density at radius 1 is 1.27 bits per heavy atom. The Balaban J connectivity index is 3.11. The van der Waals surface area contributed by atoms with E-state index < -0.39 is 0 Å². The molecule has 0 bridgehead atoms. The average Bonchev–Trinajstić information content (AvgIpc) is 2.06. The molecule has 0 aliphatic carbocycles. The fourth-order valence-corrected chi connectivity index (χ4v) is 0.846. The number of hydrogen-bond donors (Lipinski definition) is 0. The summed E-state index contributed by atoms with van der Waals surface area (Å²) < 4.78 is 0. The average molecular weight is 146 g/mol. The van der Waals surface area contributed by atoms with Crippen LogP contribution in [0.1, 0.15) is 6.92 Å². The Kier molecular flexibility index (Phi) is 2.55. The lowest BCUT2D eigenvalue weighted by Gasteiger charge is -1.96. The van der Waals surface area contributed by atoms with Crippen molar-refractivity contribution in [1.82, 2.24) is 0 Å². The van der Waals surface area contributed by atoms with Crippen LogP contribution in [-0.4, -0.2) is 12.9 Å². The number of para-hydroxylation sites is 2. The molecule has 2 nitrogen and oxygen atoms in total. The summed E-state index contributed by atoms with van der Waals surface area (Å²) in [6.45, 7) is 5.32. The van der Waals surface area contributed by atoms with Crippen LogP contribution < -0.4 is 0 Å². The van der Waals surface area contributed by atoms with Crippen molar-refractivity contribution in [3.05, 3.63) is 24.3 Å². The monoisotopic (exact) mass is 146 g/mol. The number of benzene rings is 1. The number of rotatable bonds is 2. The zero-order valence-electron chi connectivity index (χ0n) is 6.49. The van der Waals surface area contributed by atoms with E-state index in [1.54, 1.807) is 6.21 Å². The standard InChI is InChI=1S/C9H10N2/c1-3-11-9-7-5-4-6-8(9)10-2/h3-7H,2H2,1H3. The molecule has 1 rings (SSSR count). The van der Waals surface area contributed by atoms with Gasteiger partial charge < -0.3 is 0 Å². The Bertz CT molecular complexity index is 277. The van der Waals surface area contributed by atoms with Gasteiger partial charge in [0.05, 0.1) is 11.4 Å². The Hall–Kier alpha value is -1.44. The third kappa shape index (κ3) is 1.74. The zero-order chi connectivity index (χ0) is 8.10. The van der Waals surface area contributed by atoms with Gasteiger partial charge in [0.1, 0.15) is 0 Å². The summed E-state index contributed by atoms with van der Waals surface area (Å²) in [5.74, 6) is 0. The molecule has 0 saturated heterocycles. The first-order chi connectivity index (χ1) is 5.38. The third-order valence-electron chi connectivity index (χ3n) is 1.32. The minimum Gasteiger partial charge on any atom is -0.262 e. The molecular formula is C9H10N2. The summed E-state index contributed by atoms with van der Waals surface area (Å²) in [6, 6.07) is 7.63. The largest absolute Gasteiger partial charge is 0.262 e. The van der Waals surface area contributed by atoms with Crippen molar-refractivity contribution in [2.75, 3.05) is 0 Å². The highest BCUT2D eigenvalue weighted by Crippen LogP contribution is 2.25. The van der Waals surface area contributed by atoms with Gasteiger partial charge in [0, 0.05) is 6.21 Å². The van der Waals surface area contributed by atoms with E-state index in [1.165, 1.54) is 0 Å². The maximum atomic E-state index is 4.12. The number of hydrogen-bond acceptors (Lipinski definition) is 2. The molecule has 1 aromatic carbocycles. The molecule has 0 N–H and O–H groups in total. The van der Waals surface area contributed by atoms with Gasteiger partial charge in [-0.3, -0.25) is 9.98 Å². The van der Waals surface area contributed by atoms with E-state index in [0.29, 0.717) is 0 Å². The summed E-state index contributed by atoms with van der Waals surface area (Å²) in [4.78, 5) is 7.94. The van der Waals surface area contributed by atoms with Gasteiger partial charge in [-0.15, -0.1) is 0 Å². The van der Waals surface area contributed by atoms with Crippen molar-refractivity contribution >= 4 is 24.3 Å². The van der Waals surface area contributed by atoms with Gasteiger partial charge in [0.2, 0.25) is 0 Å². The molecule has 2 heteroatoms. The first-order valence-corrected chi connectivity index (χ1v) is 3.43. The lowest BCUT2D eigenvalue weighted by Crippen LogP contribution is -1.66. The Morgan fingerprint density at radius 3 is 2.45 bits per heavy atom. The minimum atomic E-state index is 0.825. The lowest BCUT2D eigenvalue weighted by molar-refractivity contribution is 1.47. The first-order valence-electron chi connectivity index (χ1n) is 3.43. The van der Waals surface area contributed by atoms with Crippen molar-refractivity contribution in [2.24, 2.45) is 9.98 Å². The molecule has 0 unspecified atom stereocenters. The molecule has 56 valence electrons. The van der Waals surface area contributed by atoms with E-state index in [1.807, 2.05) is 31.2 Å². The number of nitrogens with zero attached hydrogens (tertiary/aromatic N) is 2. The molecule has 0 fully saturated rings. The van der Waals surface area contributed by atoms with Crippen LogP contribution in [0.15, 0.2) is 34.3 Å². The molecule has 0 saturated carbocycles. The lowest BCUT2D eigenvalue weighted by atomic mass is 10.3. The van der Waals surface area contributed by atoms with E-state index >= 15 is 0 Å². The highest BCUT2D eigenvalue weighted by molar-refractivity contribution is 5.70. The van der Waals surface area contributed by atoms with Crippen LogP contribution in [0.25, 0.3) is 0 Å². The Labute approximate surface area is 66.3 Å². The van der Waals surface area contributed by atoms with Crippen molar-refractivity contribution in [2.45, 2.75) is 6.92 Å². The van der Waals surface area contributed by atoms with Crippen molar-refractivity contribution in [3.8, 4) is 0 Å². The number of aliphatic imine (C=N–C) groups is 2. The second-order valence-electron chi connectivity index (χ2n) is 2.03. The maximum Gasteiger partial charge on any atom is 0.0881 e. The molecule has 0 atom stereocenters. The van der Waals surface area contributed by atoms with Crippen molar-refractivity contribution in [3.63, 3.8) is 0 Å². The van der Waals surface area contributed by atoms with Gasteiger partial charge in [0.15, 0.2) is 0 Å². The molecule has 0 amide bonds. The smallest absolute Gasteiger partial charge is 0.0881 e. The van der Waals surface area contributed by atoms with Gasteiger partial charge in [-0.05, 0) is 25.8 Å². The normalized spacial score (nSPS) is 10.3. The Morgan fingerprint density at radius 2 is 1.91 bits per heavy atom. The van der Waals surface area contributed by atoms with Crippen molar-refractivity contribution in [1.29, 1.82) is 0 Å². The predicted molar refractivity (Wildman–Crippen MR) is 49.5 cm³/mol. The van der Waals surface area contributed by atoms with Gasteiger partial charge in [-0.25, -0.2) is 0 Å². The molecule has 0 spiro atoms. The molecule has 0 aliphatic rings. The van der Waals surface area contributed by atoms with Crippen LogP contribution in [0, 0.1) is 0 Å². The van der Waals surface area contributed by atoms with Crippen molar-refractivity contribution < 1.29 is 0 Å². The van der Waals surface area contributed by atoms with E-state index in [-0.39, 0.29) is 0 Å². The van der Waals surface area contributed by atoms with Crippen LogP contribution in [0.5, 0.6) is 0 Å². The van der Waals surface area contributed by atoms with Crippen LogP contribution in [0.4, 0.5) is 11.4 Å². The van der Waals surface area contributed by atoms with Crippen LogP contribution in [0.3, 0.4) is 0 Å². The SMILES string of the molecule is C=Nc1ccccc1N=CC. The second kappa shape index (κ2) is 3.66. The maximum absolute atomic E-state index is 4.12. The highest BCUT2D eigenvalue weighted by Gasteiger charge is 1.93. The van der Waals surface area contributed by atoms with Gasteiger partial charge in [-0.2, -0.15) is 0 Å². The van der Waals surface area contributed by atoms with Gasteiger partial charge >= 0.3 is 0 Å². The highest BCUT2D eigenvalue weighted by atomic mass is 14.8. The minimum absolute atomic E-state index is 0.825. The fourth-order valence-electron chi connectivity index (χ4n) is 0.846. The molecule has 0 aromatic heterocycles. The summed E-state index contributed by atoms with van der Waals surface area (Å²) in [5, 5.41) is 0. The first kappa shape index (κ1) is 7.66. The second-order valence-corrected chi connectivity index (χ2v) is 2.03. The van der Waals surface area contributed by atoms with E-state index in [2.05, 4.69) is 16.7 Å². The summed E-state index contributed by atoms with van der Waals surface area (Å²) in [7, 11) is 0. The van der Waals surface area contributed by atoms with Crippen LogP contribution >= 0.6 is 0 Å². The summed E-state index contributed by atoms with van der Waals surface area (Å²) >= 11 is 0. The zero-order valence-corrected chi connectivity index (χ0v) is 6.49. The third-order valence-corrected chi connectivity index (χ3v) is 1.32. The fraction of sp³-hybridized carbons (Fsp3) is 0.111. The van der Waals surface area contributed by atoms with E-state index in [4.69, 9.17) is 0 Å². The van der Waals surface area contributed by atoms with Crippen LogP contribution in [-0.2, 0) is 0 Å². The topological polar surface area (TPSA) is 24.7 Å². The molecule has 0 heterocycles. The van der Waals surface area contributed by atoms with Gasteiger partial charge in [0.25, 0.3) is 0 Å². The molecular weight excluding hydrogens is 136 g/mol. The summed E-state index contributed by atoms with van der Waals surface area (Å²) in [6.07, 6.45) is 1.74.